The highest BCUT2D eigenvalue weighted by molar-refractivity contribution is 6.00. The third-order valence-electron chi connectivity index (χ3n) is 13.7. The minimum atomic E-state index is -0.267. The van der Waals surface area contributed by atoms with Crippen molar-refractivity contribution in [2.75, 3.05) is 4.90 Å². The lowest BCUT2D eigenvalue weighted by Crippen LogP contribution is -2.23. The van der Waals surface area contributed by atoms with Crippen molar-refractivity contribution in [2.45, 2.75) is 50.9 Å². The van der Waals surface area contributed by atoms with Gasteiger partial charge in [0, 0.05) is 27.5 Å². The fourth-order valence-corrected chi connectivity index (χ4v) is 11.0. The van der Waals surface area contributed by atoms with Crippen molar-refractivity contribution in [1.82, 2.24) is 0 Å². The van der Waals surface area contributed by atoms with Gasteiger partial charge in [-0.15, -0.1) is 0 Å². The number of hydrogen-bond acceptors (Lipinski definition) is 1. The first-order chi connectivity index (χ1) is 27.7. The number of para-hydroxylation sites is 1. The lowest BCUT2D eigenvalue weighted by Gasteiger charge is -2.34. The molecule has 11 rings (SSSR count). The maximum absolute atomic E-state index is 2.58. The standard InChI is InChI=1S/C56H45N/c1-54(2)46-28-14-11-24-43(46)52-41(25-17-30-49(52)54)40-23-12-16-31-50(40)57(51-32-18-26-42-38-21-9-13-27-45(38)55(3,4)53(42)51)37-33-34-48-44(35-37)39-22-10-15-29-47(39)56(48,5)36-19-7-6-8-20-36/h6-35H,1-5H3. The van der Waals surface area contributed by atoms with Gasteiger partial charge in [-0.1, -0.05) is 185 Å². The molecule has 57 heavy (non-hydrogen) atoms. The number of hydrogen-bond donors (Lipinski definition) is 0. The summed E-state index contributed by atoms with van der Waals surface area (Å²) in [7, 11) is 0. The monoisotopic (exact) mass is 731 g/mol. The van der Waals surface area contributed by atoms with E-state index in [2.05, 4.69) is 222 Å². The Morgan fingerprint density at radius 1 is 0.333 bits per heavy atom. The molecule has 1 unspecified atom stereocenters. The summed E-state index contributed by atoms with van der Waals surface area (Å²) in [4.78, 5) is 2.58. The molecule has 1 heteroatoms. The van der Waals surface area contributed by atoms with Gasteiger partial charge in [-0.2, -0.15) is 0 Å². The minimum absolute atomic E-state index is 0.0919. The van der Waals surface area contributed by atoms with Crippen LogP contribution in [-0.4, -0.2) is 0 Å². The second kappa shape index (κ2) is 12.0. The van der Waals surface area contributed by atoms with Crippen LogP contribution in [0.5, 0.6) is 0 Å². The molecule has 0 N–H and O–H groups in total. The first-order valence-corrected chi connectivity index (χ1v) is 20.4. The van der Waals surface area contributed by atoms with Crippen molar-refractivity contribution in [3.8, 4) is 44.5 Å². The van der Waals surface area contributed by atoms with Crippen LogP contribution in [-0.2, 0) is 16.2 Å². The van der Waals surface area contributed by atoms with E-state index in [0.717, 1.165) is 5.69 Å². The van der Waals surface area contributed by atoms with Gasteiger partial charge in [-0.05, 0) is 109 Å². The van der Waals surface area contributed by atoms with Crippen molar-refractivity contribution in [3.05, 3.63) is 221 Å². The summed E-state index contributed by atoms with van der Waals surface area (Å²) in [5.74, 6) is 0. The number of anilines is 3. The topological polar surface area (TPSA) is 3.24 Å². The maximum Gasteiger partial charge on any atom is 0.0540 e. The van der Waals surface area contributed by atoms with Gasteiger partial charge in [-0.25, -0.2) is 0 Å². The molecule has 1 nitrogen and oxygen atoms in total. The van der Waals surface area contributed by atoms with Gasteiger partial charge in [0.2, 0.25) is 0 Å². The number of rotatable bonds is 5. The second-order valence-corrected chi connectivity index (χ2v) is 17.4. The highest BCUT2D eigenvalue weighted by Gasteiger charge is 2.43. The molecule has 0 saturated carbocycles. The Bertz CT molecular complexity index is 2930. The van der Waals surface area contributed by atoms with E-state index < -0.39 is 0 Å². The molecule has 1 atom stereocenters. The molecule has 0 spiro atoms. The molecule has 3 aliphatic carbocycles. The van der Waals surface area contributed by atoms with Crippen LogP contribution in [0.15, 0.2) is 182 Å². The zero-order valence-electron chi connectivity index (χ0n) is 33.3. The van der Waals surface area contributed by atoms with Gasteiger partial charge >= 0.3 is 0 Å². The summed E-state index contributed by atoms with van der Waals surface area (Å²) >= 11 is 0. The summed E-state index contributed by atoms with van der Waals surface area (Å²) in [5, 5.41) is 0. The average molecular weight is 732 g/mol. The van der Waals surface area contributed by atoms with Gasteiger partial charge in [0.25, 0.3) is 0 Å². The Balaban J connectivity index is 1.20. The molecular weight excluding hydrogens is 687 g/mol. The highest BCUT2D eigenvalue weighted by atomic mass is 15.1. The number of nitrogens with zero attached hydrogens (tertiary/aromatic N) is 1. The molecule has 0 saturated heterocycles. The molecule has 8 aromatic rings. The average Bonchev–Trinajstić information content (AvgIpc) is 3.76. The summed E-state index contributed by atoms with van der Waals surface area (Å²) in [5.41, 5.74) is 22.9. The van der Waals surface area contributed by atoms with E-state index in [1.54, 1.807) is 0 Å². The van der Waals surface area contributed by atoms with Crippen molar-refractivity contribution in [3.63, 3.8) is 0 Å². The van der Waals surface area contributed by atoms with E-state index >= 15 is 0 Å². The number of fused-ring (bicyclic) bond motifs is 9. The van der Waals surface area contributed by atoms with E-state index in [0.29, 0.717) is 0 Å². The van der Waals surface area contributed by atoms with E-state index in [1.807, 2.05) is 0 Å². The van der Waals surface area contributed by atoms with E-state index in [9.17, 15) is 0 Å². The first-order valence-electron chi connectivity index (χ1n) is 20.4. The normalized spacial score (nSPS) is 17.2. The SMILES string of the molecule is CC1(C)c2ccccc2-c2c(-c3ccccc3N(c3ccc4c(c3)-c3ccccc3C4(C)c3ccccc3)c3cccc4c3C(C)(C)c3ccccc3-4)cccc21. The van der Waals surface area contributed by atoms with Crippen molar-refractivity contribution in [2.24, 2.45) is 0 Å². The van der Waals surface area contributed by atoms with Gasteiger partial charge in [-0.3, -0.25) is 0 Å². The van der Waals surface area contributed by atoms with E-state index in [4.69, 9.17) is 0 Å². The second-order valence-electron chi connectivity index (χ2n) is 17.4. The molecule has 0 radical (unpaired) electrons. The van der Waals surface area contributed by atoms with Crippen LogP contribution in [0.3, 0.4) is 0 Å². The molecular formula is C56H45N. The highest BCUT2D eigenvalue weighted by Crippen LogP contribution is 2.59. The van der Waals surface area contributed by atoms with E-state index in [-0.39, 0.29) is 16.2 Å². The predicted octanol–water partition coefficient (Wildman–Crippen LogP) is 14.8. The van der Waals surface area contributed by atoms with Crippen LogP contribution < -0.4 is 4.90 Å². The van der Waals surface area contributed by atoms with Crippen molar-refractivity contribution in [1.29, 1.82) is 0 Å². The minimum Gasteiger partial charge on any atom is -0.310 e. The van der Waals surface area contributed by atoms with Gasteiger partial charge in [0.05, 0.1) is 11.4 Å². The molecule has 3 aliphatic rings. The quantitative estimate of drug-likeness (QED) is 0.170. The Hall–Kier alpha value is -6.44. The third kappa shape index (κ3) is 4.57. The van der Waals surface area contributed by atoms with Crippen molar-refractivity contribution < 1.29 is 0 Å². The fraction of sp³-hybridized carbons (Fsp3) is 0.143. The molecule has 0 bridgehead atoms. The van der Waals surface area contributed by atoms with Gasteiger partial charge < -0.3 is 4.90 Å². The molecule has 0 amide bonds. The van der Waals surface area contributed by atoms with Crippen LogP contribution in [0.1, 0.15) is 73.6 Å². The molecule has 0 aromatic heterocycles. The fourth-order valence-electron chi connectivity index (χ4n) is 11.0. The van der Waals surface area contributed by atoms with Crippen LogP contribution in [0, 0.1) is 0 Å². The summed E-state index contributed by atoms with van der Waals surface area (Å²) in [6.45, 7) is 12.0. The Kier molecular flexibility index (Phi) is 7.15. The number of benzene rings is 8. The summed E-state index contributed by atoms with van der Waals surface area (Å²) < 4.78 is 0. The Morgan fingerprint density at radius 2 is 0.842 bits per heavy atom. The van der Waals surface area contributed by atoms with Crippen molar-refractivity contribution >= 4 is 17.1 Å². The summed E-state index contributed by atoms with van der Waals surface area (Å²) in [6.07, 6.45) is 0. The molecule has 0 heterocycles. The molecule has 274 valence electrons. The first kappa shape index (κ1) is 33.9. The van der Waals surface area contributed by atoms with Crippen LogP contribution in [0.4, 0.5) is 17.1 Å². The van der Waals surface area contributed by atoms with Gasteiger partial charge in [0.15, 0.2) is 0 Å². The Labute approximate surface area is 336 Å². The Morgan fingerprint density at radius 3 is 1.60 bits per heavy atom. The van der Waals surface area contributed by atoms with Gasteiger partial charge in [0.1, 0.15) is 0 Å². The smallest absolute Gasteiger partial charge is 0.0540 e. The predicted molar refractivity (Wildman–Crippen MR) is 239 cm³/mol. The zero-order valence-corrected chi connectivity index (χ0v) is 33.3. The lowest BCUT2D eigenvalue weighted by atomic mass is 9.74. The zero-order chi connectivity index (χ0) is 38.7. The largest absolute Gasteiger partial charge is 0.310 e. The lowest BCUT2D eigenvalue weighted by molar-refractivity contribution is 0.660. The molecule has 0 fully saturated rings. The molecule has 0 aliphatic heterocycles. The maximum atomic E-state index is 2.58. The van der Waals surface area contributed by atoms with Crippen LogP contribution >= 0.6 is 0 Å². The van der Waals surface area contributed by atoms with E-state index in [1.165, 1.54) is 94.8 Å². The summed E-state index contributed by atoms with van der Waals surface area (Å²) in [6, 6.07) is 68.3. The van der Waals surface area contributed by atoms with Crippen LogP contribution in [0.25, 0.3) is 44.5 Å². The van der Waals surface area contributed by atoms with Crippen LogP contribution in [0.2, 0.25) is 0 Å². The molecule has 8 aromatic carbocycles. The third-order valence-corrected chi connectivity index (χ3v) is 13.7.